The molecule has 1 fully saturated rings. The van der Waals surface area contributed by atoms with Crippen molar-refractivity contribution in [2.24, 2.45) is 5.92 Å². The van der Waals surface area contributed by atoms with Crippen molar-refractivity contribution in [1.82, 2.24) is 4.90 Å². The van der Waals surface area contributed by atoms with E-state index in [-0.39, 0.29) is 30.0 Å². The average molecular weight is 415 g/mol. The van der Waals surface area contributed by atoms with Crippen molar-refractivity contribution in [3.8, 4) is 0 Å². The molecule has 7 heteroatoms. The van der Waals surface area contributed by atoms with E-state index in [1.807, 2.05) is 5.38 Å². The van der Waals surface area contributed by atoms with Crippen LogP contribution < -0.4 is 5.32 Å². The molecule has 1 aromatic heterocycles. The van der Waals surface area contributed by atoms with Crippen LogP contribution in [0.5, 0.6) is 0 Å². The number of hydrogen-bond donors (Lipinski definition) is 1. The zero-order valence-electron chi connectivity index (χ0n) is 16.7. The molecule has 0 atom stereocenters. The third-order valence-electron chi connectivity index (χ3n) is 5.35. The molecule has 29 heavy (non-hydrogen) atoms. The van der Waals surface area contributed by atoms with Gasteiger partial charge >= 0.3 is 5.97 Å². The highest BCUT2D eigenvalue weighted by Gasteiger charge is 2.25. The summed E-state index contributed by atoms with van der Waals surface area (Å²) in [5, 5.41) is 4.58. The topological polar surface area (TPSA) is 75.7 Å². The van der Waals surface area contributed by atoms with Gasteiger partial charge in [-0.05, 0) is 61.2 Å². The smallest absolute Gasteiger partial charge is 0.338 e. The first-order valence-corrected chi connectivity index (χ1v) is 10.7. The highest BCUT2D eigenvalue weighted by Crippen LogP contribution is 2.26. The van der Waals surface area contributed by atoms with Crippen molar-refractivity contribution < 1.29 is 19.1 Å². The van der Waals surface area contributed by atoms with E-state index in [9.17, 15) is 14.4 Å². The fraction of sp³-hybridized carbons (Fsp3) is 0.409. The number of carbonyl (C=O) groups is 3. The summed E-state index contributed by atoms with van der Waals surface area (Å²) in [7, 11) is 1.78. The Morgan fingerprint density at radius 3 is 2.59 bits per heavy atom. The lowest BCUT2D eigenvalue weighted by Crippen LogP contribution is -2.41. The molecule has 154 valence electrons. The molecular weight excluding hydrogens is 388 g/mol. The van der Waals surface area contributed by atoms with Gasteiger partial charge in [0, 0.05) is 18.8 Å². The molecule has 2 aromatic rings. The predicted octanol–water partition coefficient (Wildman–Crippen LogP) is 4.19. The van der Waals surface area contributed by atoms with Crippen LogP contribution in [0.3, 0.4) is 0 Å². The third kappa shape index (κ3) is 5.67. The van der Waals surface area contributed by atoms with Gasteiger partial charge in [-0.1, -0.05) is 19.1 Å². The summed E-state index contributed by atoms with van der Waals surface area (Å²) >= 11 is 1.34. The summed E-state index contributed by atoms with van der Waals surface area (Å²) in [5.41, 5.74) is 0.786. The van der Waals surface area contributed by atoms with Gasteiger partial charge in [-0.2, -0.15) is 0 Å². The van der Waals surface area contributed by atoms with Crippen LogP contribution in [0.15, 0.2) is 41.8 Å². The number of carbonyl (C=O) groups excluding carboxylic acids is 3. The second kappa shape index (κ2) is 9.69. The van der Waals surface area contributed by atoms with Crippen LogP contribution in [0.2, 0.25) is 0 Å². The highest BCUT2D eigenvalue weighted by molar-refractivity contribution is 7.12. The zero-order chi connectivity index (χ0) is 20.8. The van der Waals surface area contributed by atoms with Crippen LogP contribution in [0.1, 0.15) is 52.6 Å². The molecule has 1 aliphatic carbocycles. The molecule has 0 saturated heterocycles. The lowest BCUT2D eigenvalue weighted by atomic mass is 9.87. The summed E-state index contributed by atoms with van der Waals surface area (Å²) in [5.74, 6) is -0.305. The zero-order valence-corrected chi connectivity index (χ0v) is 17.5. The van der Waals surface area contributed by atoms with Crippen molar-refractivity contribution in [2.45, 2.75) is 38.6 Å². The van der Waals surface area contributed by atoms with Gasteiger partial charge < -0.3 is 15.0 Å². The minimum atomic E-state index is -0.587. The number of amides is 2. The Bertz CT molecular complexity index is 857. The van der Waals surface area contributed by atoms with Crippen molar-refractivity contribution in [3.63, 3.8) is 0 Å². The van der Waals surface area contributed by atoms with E-state index in [2.05, 4.69) is 12.2 Å². The van der Waals surface area contributed by atoms with Crippen LogP contribution in [-0.4, -0.2) is 42.4 Å². The average Bonchev–Trinajstić information content (AvgIpc) is 3.27. The first kappa shape index (κ1) is 21.0. The molecule has 1 N–H and O–H groups in total. The number of ether oxygens (including phenoxy) is 1. The normalized spacial score (nSPS) is 18.7. The van der Waals surface area contributed by atoms with E-state index in [4.69, 9.17) is 4.74 Å². The fourth-order valence-corrected chi connectivity index (χ4v) is 4.09. The Kier molecular flexibility index (Phi) is 7.04. The molecule has 1 saturated carbocycles. The fourth-order valence-electron chi connectivity index (χ4n) is 3.47. The van der Waals surface area contributed by atoms with Crippen LogP contribution in [0.25, 0.3) is 0 Å². The van der Waals surface area contributed by atoms with Gasteiger partial charge in [-0.3, -0.25) is 9.59 Å². The Balaban J connectivity index is 1.52. The van der Waals surface area contributed by atoms with E-state index in [1.165, 1.54) is 11.3 Å². The SMILES string of the molecule is CC1CCC(N(C)C(=O)COC(=O)c2cccc(NC(=O)c3cccs3)c2)CC1. The molecular formula is C22H26N2O4S. The van der Waals surface area contributed by atoms with E-state index in [0.717, 1.165) is 25.7 Å². The summed E-state index contributed by atoms with van der Waals surface area (Å²) in [6, 6.07) is 10.3. The van der Waals surface area contributed by atoms with Crippen molar-refractivity contribution >= 4 is 34.8 Å². The molecule has 0 radical (unpaired) electrons. The van der Waals surface area contributed by atoms with Gasteiger partial charge in [-0.25, -0.2) is 4.79 Å². The lowest BCUT2D eigenvalue weighted by molar-refractivity contribution is -0.136. The number of nitrogens with one attached hydrogen (secondary N) is 1. The molecule has 1 heterocycles. The van der Waals surface area contributed by atoms with Crippen LogP contribution >= 0.6 is 11.3 Å². The quantitative estimate of drug-likeness (QED) is 0.719. The maximum absolute atomic E-state index is 12.4. The van der Waals surface area contributed by atoms with Gasteiger partial charge in [0.1, 0.15) is 0 Å². The Labute approximate surface area is 174 Å². The second-order valence-corrected chi connectivity index (χ2v) is 8.45. The molecule has 6 nitrogen and oxygen atoms in total. The number of hydrogen-bond acceptors (Lipinski definition) is 5. The summed E-state index contributed by atoms with van der Waals surface area (Å²) in [6.07, 6.45) is 4.21. The lowest BCUT2D eigenvalue weighted by Gasteiger charge is -2.33. The minimum Gasteiger partial charge on any atom is -0.452 e. The van der Waals surface area contributed by atoms with E-state index < -0.39 is 5.97 Å². The van der Waals surface area contributed by atoms with Crippen LogP contribution in [0, 0.1) is 5.92 Å². The molecule has 0 bridgehead atoms. The predicted molar refractivity (Wildman–Crippen MR) is 113 cm³/mol. The van der Waals surface area contributed by atoms with Crippen molar-refractivity contribution in [2.75, 3.05) is 19.0 Å². The van der Waals surface area contributed by atoms with Gasteiger partial charge in [-0.15, -0.1) is 11.3 Å². The highest BCUT2D eigenvalue weighted by atomic mass is 32.1. The van der Waals surface area contributed by atoms with E-state index >= 15 is 0 Å². The molecule has 3 rings (SSSR count). The summed E-state index contributed by atoms with van der Waals surface area (Å²) in [6.45, 7) is 1.95. The Hall–Kier alpha value is -2.67. The number of nitrogens with zero attached hydrogens (tertiary/aromatic N) is 1. The van der Waals surface area contributed by atoms with Gasteiger partial charge in [0.15, 0.2) is 6.61 Å². The maximum atomic E-state index is 12.4. The van der Waals surface area contributed by atoms with Crippen LogP contribution in [0.4, 0.5) is 5.69 Å². The second-order valence-electron chi connectivity index (χ2n) is 7.51. The molecule has 1 aromatic carbocycles. The first-order chi connectivity index (χ1) is 13.9. The third-order valence-corrected chi connectivity index (χ3v) is 6.22. The molecule has 0 aliphatic heterocycles. The summed E-state index contributed by atoms with van der Waals surface area (Å²) in [4.78, 5) is 39.2. The number of thiophene rings is 1. The van der Waals surface area contributed by atoms with Gasteiger partial charge in [0.2, 0.25) is 0 Å². The monoisotopic (exact) mass is 414 g/mol. The van der Waals surface area contributed by atoms with E-state index in [1.54, 1.807) is 48.3 Å². The summed E-state index contributed by atoms with van der Waals surface area (Å²) < 4.78 is 5.21. The largest absolute Gasteiger partial charge is 0.452 e. The molecule has 1 aliphatic rings. The van der Waals surface area contributed by atoms with Crippen molar-refractivity contribution in [3.05, 3.63) is 52.2 Å². The van der Waals surface area contributed by atoms with Gasteiger partial charge in [0.05, 0.1) is 10.4 Å². The minimum absolute atomic E-state index is 0.194. The molecule has 0 unspecified atom stereocenters. The molecule has 2 amide bonds. The number of esters is 1. The van der Waals surface area contributed by atoms with E-state index in [0.29, 0.717) is 16.5 Å². The molecule has 0 spiro atoms. The van der Waals surface area contributed by atoms with Crippen LogP contribution in [-0.2, 0) is 9.53 Å². The number of benzene rings is 1. The first-order valence-electron chi connectivity index (χ1n) is 9.81. The van der Waals surface area contributed by atoms with Gasteiger partial charge in [0.25, 0.3) is 11.8 Å². The Morgan fingerprint density at radius 2 is 1.90 bits per heavy atom. The maximum Gasteiger partial charge on any atom is 0.338 e. The number of likely N-dealkylation sites (N-methyl/N-ethyl adjacent to an activating group) is 1. The Morgan fingerprint density at radius 1 is 1.14 bits per heavy atom. The number of rotatable bonds is 6. The standard InChI is InChI=1S/C22H26N2O4S/c1-15-8-10-18(11-9-15)24(2)20(25)14-28-22(27)16-5-3-6-17(13-16)23-21(26)19-7-4-12-29-19/h3-7,12-13,15,18H,8-11,14H2,1-2H3,(H,23,26). The van der Waals surface area contributed by atoms with Crippen molar-refractivity contribution in [1.29, 1.82) is 0 Å². The number of anilines is 1.